The van der Waals surface area contributed by atoms with E-state index in [-0.39, 0.29) is 0 Å². The molecule has 0 aliphatic carbocycles. The highest BCUT2D eigenvalue weighted by molar-refractivity contribution is 9.11. The molecule has 1 aliphatic rings. The van der Waals surface area contributed by atoms with Gasteiger partial charge in [-0.3, -0.25) is 0 Å². The second kappa shape index (κ2) is 7.42. The monoisotopic (exact) mass is 274 g/mol. The number of nitrogens with one attached hydrogen (secondary N) is 1. The Hall–Kier alpha value is 0.140. The number of likely N-dealkylation sites (tertiary alicyclic amines) is 1. The van der Waals surface area contributed by atoms with Gasteiger partial charge < -0.3 is 10.2 Å². The van der Waals surface area contributed by atoms with E-state index < -0.39 is 0 Å². The van der Waals surface area contributed by atoms with Crippen molar-refractivity contribution in [2.24, 2.45) is 0 Å². The predicted molar refractivity (Wildman–Crippen MR) is 70.4 cm³/mol. The molecule has 1 fully saturated rings. The summed E-state index contributed by atoms with van der Waals surface area (Å²) in [5.41, 5.74) is 0. The van der Waals surface area contributed by atoms with E-state index in [2.05, 4.69) is 39.6 Å². The summed E-state index contributed by atoms with van der Waals surface area (Å²) in [5, 5.41) is 3.55. The normalized spacial score (nSPS) is 23.7. The molecule has 88 valence electrons. The van der Waals surface area contributed by atoms with Crippen LogP contribution in [0.25, 0.3) is 0 Å². The van der Waals surface area contributed by atoms with Gasteiger partial charge in [0.2, 0.25) is 0 Å². The van der Waals surface area contributed by atoms with Gasteiger partial charge in [-0.15, -0.1) is 0 Å². The van der Waals surface area contributed by atoms with Crippen LogP contribution in [0.2, 0.25) is 0 Å². The Morgan fingerprint density at radius 1 is 1.47 bits per heavy atom. The first-order valence-electron chi connectivity index (χ1n) is 6.01. The van der Waals surface area contributed by atoms with Crippen LogP contribution in [0.1, 0.15) is 32.6 Å². The lowest BCUT2D eigenvalue weighted by Crippen LogP contribution is -2.31. The van der Waals surface area contributed by atoms with Crippen LogP contribution in [0.15, 0.2) is 11.1 Å². The van der Waals surface area contributed by atoms with E-state index in [1.807, 2.05) is 0 Å². The van der Waals surface area contributed by atoms with Gasteiger partial charge in [-0.25, -0.2) is 0 Å². The van der Waals surface area contributed by atoms with Crippen molar-refractivity contribution in [2.75, 3.05) is 26.2 Å². The molecule has 1 saturated heterocycles. The van der Waals surface area contributed by atoms with E-state index in [0.717, 1.165) is 11.0 Å². The van der Waals surface area contributed by atoms with E-state index in [1.165, 1.54) is 45.3 Å². The van der Waals surface area contributed by atoms with Gasteiger partial charge >= 0.3 is 0 Å². The minimum Gasteiger partial charge on any atom is -0.309 e. The molecular weight excluding hydrogens is 252 g/mol. The van der Waals surface area contributed by atoms with Crippen molar-refractivity contribution in [1.82, 2.24) is 10.2 Å². The molecule has 1 aliphatic heterocycles. The van der Waals surface area contributed by atoms with Crippen LogP contribution in [0.4, 0.5) is 0 Å². The topological polar surface area (TPSA) is 15.3 Å². The highest BCUT2D eigenvalue weighted by Crippen LogP contribution is 2.12. The number of rotatable bonds is 5. The quantitative estimate of drug-likeness (QED) is 0.830. The van der Waals surface area contributed by atoms with Crippen LogP contribution in [-0.4, -0.2) is 37.1 Å². The van der Waals surface area contributed by atoms with Gasteiger partial charge in [0.25, 0.3) is 0 Å². The Kier molecular flexibility index (Phi) is 6.53. The minimum absolute atomic E-state index is 0.682. The van der Waals surface area contributed by atoms with Crippen molar-refractivity contribution in [1.29, 1.82) is 0 Å². The Balaban J connectivity index is 2.23. The summed E-state index contributed by atoms with van der Waals surface area (Å²) in [6.45, 7) is 10.8. The maximum absolute atomic E-state index is 3.85. The molecule has 0 amide bonds. The summed E-state index contributed by atoms with van der Waals surface area (Å²) in [4.78, 5) is 2.59. The summed E-state index contributed by atoms with van der Waals surface area (Å²) in [6, 6.07) is 0.682. The van der Waals surface area contributed by atoms with Crippen molar-refractivity contribution < 1.29 is 0 Å². The molecule has 0 saturated carbocycles. The molecular formula is C12H23BrN2. The maximum Gasteiger partial charge on any atom is 0.0268 e. The van der Waals surface area contributed by atoms with Crippen molar-refractivity contribution in [3.05, 3.63) is 11.1 Å². The minimum atomic E-state index is 0.682. The fraction of sp³-hybridized carbons (Fsp3) is 0.833. The van der Waals surface area contributed by atoms with Crippen molar-refractivity contribution in [3.63, 3.8) is 0 Å². The first-order valence-corrected chi connectivity index (χ1v) is 6.80. The number of halogens is 1. The van der Waals surface area contributed by atoms with Gasteiger partial charge in [-0.05, 0) is 45.3 Å². The van der Waals surface area contributed by atoms with Gasteiger partial charge in [0.15, 0.2) is 0 Å². The summed E-state index contributed by atoms with van der Waals surface area (Å²) in [5.74, 6) is 0. The summed E-state index contributed by atoms with van der Waals surface area (Å²) in [7, 11) is 0. The van der Waals surface area contributed by atoms with Crippen molar-refractivity contribution in [2.45, 2.75) is 38.6 Å². The third-order valence-corrected chi connectivity index (χ3v) is 3.22. The van der Waals surface area contributed by atoms with E-state index in [1.54, 1.807) is 0 Å². The largest absolute Gasteiger partial charge is 0.309 e. The van der Waals surface area contributed by atoms with Crippen molar-refractivity contribution in [3.8, 4) is 0 Å². The smallest absolute Gasteiger partial charge is 0.0268 e. The second-order valence-corrected chi connectivity index (χ2v) is 5.49. The molecule has 1 rings (SSSR count). The molecule has 2 nitrogen and oxygen atoms in total. The third kappa shape index (κ3) is 5.69. The Labute approximate surface area is 102 Å². The van der Waals surface area contributed by atoms with Gasteiger partial charge in [-0.1, -0.05) is 29.4 Å². The van der Waals surface area contributed by atoms with E-state index in [4.69, 9.17) is 0 Å². The molecule has 0 bridgehead atoms. The summed E-state index contributed by atoms with van der Waals surface area (Å²) < 4.78 is 1.05. The lowest BCUT2D eigenvalue weighted by atomic mass is 10.1. The summed E-state index contributed by atoms with van der Waals surface area (Å²) >= 11 is 3.39. The van der Waals surface area contributed by atoms with Gasteiger partial charge in [0.1, 0.15) is 0 Å². The lowest BCUT2D eigenvalue weighted by Gasteiger charge is -2.19. The van der Waals surface area contributed by atoms with Crippen LogP contribution >= 0.6 is 15.9 Å². The lowest BCUT2D eigenvalue weighted by molar-refractivity contribution is 0.283. The zero-order valence-electron chi connectivity index (χ0n) is 9.77. The zero-order valence-corrected chi connectivity index (χ0v) is 11.4. The molecule has 15 heavy (non-hydrogen) atoms. The fourth-order valence-electron chi connectivity index (χ4n) is 2.15. The molecule has 1 heterocycles. The summed E-state index contributed by atoms with van der Waals surface area (Å²) in [6.07, 6.45) is 5.18. The first kappa shape index (κ1) is 13.2. The fourth-order valence-corrected chi connectivity index (χ4v) is 2.32. The number of nitrogens with zero attached hydrogens (tertiary/aromatic N) is 1. The maximum atomic E-state index is 3.85. The van der Waals surface area contributed by atoms with Gasteiger partial charge in [-0.2, -0.15) is 0 Å². The predicted octanol–water partition coefficient (Wildman–Crippen LogP) is 2.75. The molecule has 0 aromatic heterocycles. The number of hydrogen-bond acceptors (Lipinski definition) is 2. The highest BCUT2D eigenvalue weighted by atomic mass is 79.9. The Morgan fingerprint density at radius 3 is 2.93 bits per heavy atom. The van der Waals surface area contributed by atoms with Gasteiger partial charge in [0, 0.05) is 17.1 Å². The average molecular weight is 275 g/mol. The molecule has 3 heteroatoms. The Morgan fingerprint density at radius 2 is 2.27 bits per heavy atom. The van der Waals surface area contributed by atoms with E-state index in [9.17, 15) is 0 Å². The molecule has 0 spiro atoms. The molecule has 1 unspecified atom stereocenters. The SMILES string of the molecule is C=C(Br)CNC1CCCN(CCC)CC1. The van der Waals surface area contributed by atoms with E-state index in [0.29, 0.717) is 6.04 Å². The van der Waals surface area contributed by atoms with Crippen LogP contribution < -0.4 is 5.32 Å². The number of hydrogen-bond donors (Lipinski definition) is 1. The standard InChI is InChI=1S/C12H23BrN2/c1-3-7-15-8-4-5-12(6-9-15)14-10-11(2)13/h12,14H,2-10H2,1H3. The molecule has 1 atom stereocenters. The van der Waals surface area contributed by atoms with Gasteiger partial charge in [0.05, 0.1) is 0 Å². The molecule has 0 aromatic rings. The van der Waals surface area contributed by atoms with Crippen LogP contribution in [0, 0.1) is 0 Å². The van der Waals surface area contributed by atoms with Crippen LogP contribution in [0.3, 0.4) is 0 Å². The van der Waals surface area contributed by atoms with Crippen molar-refractivity contribution >= 4 is 15.9 Å². The molecule has 0 radical (unpaired) electrons. The third-order valence-electron chi connectivity index (χ3n) is 2.94. The highest BCUT2D eigenvalue weighted by Gasteiger charge is 2.15. The zero-order chi connectivity index (χ0) is 11.1. The van der Waals surface area contributed by atoms with Crippen LogP contribution in [-0.2, 0) is 0 Å². The van der Waals surface area contributed by atoms with E-state index >= 15 is 0 Å². The average Bonchev–Trinajstić information content (AvgIpc) is 2.41. The van der Waals surface area contributed by atoms with Crippen LogP contribution in [0.5, 0.6) is 0 Å². The molecule has 0 aromatic carbocycles. The first-order chi connectivity index (χ1) is 7.22. The molecule has 1 N–H and O–H groups in total. The Bertz CT molecular complexity index is 194. The second-order valence-electron chi connectivity index (χ2n) is 4.37.